The van der Waals surface area contributed by atoms with Crippen LogP contribution in [0.3, 0.4) is 0 Å². The summed E-state index contributed by atoms with van der Waals surface area (Å²) in [7, 11) is 3.03. The Kier molecular flexibility index (Phi) is 8.80. The van der Waals surface area contributed by atoms with Crippen LogP contribution in [0.25, 0.3) is 0 Å². The first-order valence-corrected chi connectivity index (χ1v) is 10.1. The molecule has 2 heterocycles. The quantitative estimate of drug-likeness (QED) is 0.349. The molecule has 0 aromatic carbocycles. The first-order chi connectivity index (χ1) is 13.8. The average molecular weight is 542 g/mol. The van der Waals surface area contributed by atoms with Crippen LogP contribution in [0, 0.1) is 5.92 Å². The highest BCUT2D eigenvalue weighted by molar-refractivity contribution is 14.0. The maximum atomic E-state index is 13.1. The molecule has 1 aromatic rings. The Hall–Kier alpha value is -1.53. The van der Waals surface area contributed by atoms with E-state index in [2.05, 4.69) is 20.7 Å². The van der Waals surface area contributed by atoms with E-state index in [1.54, 1.807) is 7.05 Å². The molecule has 1 amide bonds. The van der Waals surface area contributed by atoms with Crippen molar-refractivity contribution in [2.24, 2.45) is 18.0 Å². The molecule has 3 rings (SSSR count). The summed E-state index contributed by atoms with van der Waals surface area (Å²) in [5.41, 5.74) is -0.837. The van der Waals surface area contributed by atoms with Crippen LogP contribution in [0.5, 0.6) is 0 Å². The first kappa shape index (κ1) is 24.7. The zero-order valence-corrected chi connectivity index (χ0v) is 19.7. The van der Waals surface area contributed by atoms with Crippen LogP contribution in [-0.4, -0.2) is 52.7 Å². The largest absolute Gasteiger partial charge is 0.435 e. The van der Waals surface area contributed by atoms with Gasteiger partial charge in [0.2, 0.25) is 5.91 Å². The fraction of sp³-hybridized carbons (Fsp3) is 0.737. The van der Waals surface area contributed by atoms with Crippen LogP contribution in [0.1, 0.15) is 49.8 Å². The molecule has 11 heteroatoms. The normalized spacial score (nSPS) is 20.8. The minimum absolute atomic E-state index is 0. The minimum atomic E-state index is -4.50. The highest BCUT2D eigenvalue weighted by Gasteiger charge is 2.37. The number of hydrogen-bond acceptors (Lipinski definition) is 3. The maximum Gasteiger partial charge on any atom is 0.435 e. The van der Waals surface area contributed by atoms with E-state index in [-0.39, 0.29) is 54.0 Å². The van der Waals surface area contributed by atoms with E-state index < -0.39 is 11.9 Å². The van der Waals surface area contributed by atoms with Gasteiger partial charge in [0.15, 0.2) is 11.7 Å². The summed E-state index contributed by atoms with van der Waals surface area (Å²) < 4.78 is 40.4. The molecular formula is C19H30F3IN6O. The highest BCUT2D eigenvalue weighted by Crippen LogP contribution is 2.30. The Morgan fingerprint density at radius 2 is 1.97 bits per heavy atom. The summed E-state index contributed by atoms with van der Waals surface area (Å²) in [6, 6.07) is 0.0322. The molecule has 2 aliphatic rings. The van der Waals surface area contributed by atoms with Crippen LogP contribution in [0.4, 0.5) is 13.2 Å². The lowest BCUT2D eigenvalue weighted by Gasteiger charge is -2.26. The molecule has 1 aliphatic carbocycles. The van der Waals surface area contributed by atoms with Gasteiger partial charge in [0, 0.05) is 57.4 Å². The number of rotatable bonds is 4. The predicted octanol–water partition coefficient (Wildman–Crippen LogP) is 2.90. The lowest BCUT2D eigenvalue weighted by molar-refractivity contribution is -0.142. The molecule has 1 atom stereocenters. The summed E-state index contributed by atoms with van der Waals surface area (Å²) in [6.07, 6.45) is 3.05. The molecule has 1 unspecified atom stereocenters. The molecule has 7 nitrogen and oxygen atoms in total. The van der Waals surface area contributed by atoms with E-state index in [4.69, 9.17) is 0 Å². The average Bonchev–Trinajstić information content (AvgIpc) is 3.31. The van der Waals surface area contributed by atoms with E-state index >= 15 is 0 Å². The summed E-state index contributed by atoms with van der Waals surface area (Å²) in [4.78, 5) is 18.7. The molecule has 2 fully saturated rings. The lowest BCUT2D eigenvalue weighted by atomic mass is 9.88. The fourth-order valence-electron chi connectivity index (χ4n) is 4.16. The smallest absolute Gasteiger partial charge is 0.352 e. The van der Waals surface area contributed by atoms with E-state index in [0.29, 0.717) is 19.0 Å². The van der Waals surface area contributed by atoms with E-state index in [1.165, 1.54) is 19.7 Å². The monoisotopic (exact) mass is 542 g/mol. The molecule has 0 bridgehead atoms. The van der Waals surface area contributed by atoms with Gasteiger partial charge in [-0.25, -0.2) is 0 Å². The molecular weight excluding hydrogens is 512 g/mol. The van der Waals surface area contributed by atoms with Crippen LogP contribution in [0.2, 0.25) is 0 Å². The number of aryl methyl sites for hydroxylation is 1. The Balaban J connectivity index is 0.00000320. The van der Waals surface area contributed by atoms with Crippen molar-refractivity contribution in [3.05, 3.63) is 17.5 Å². The summed E-state index contributed by atoms with van der Waals surface area (Å²) in [5, 5.41) is 9.66. The zero-order valence-electron chi connectivity index (χ0n) is 17.3. The zero-order chi connectivity index (χ0) is 21.0. The van der Waals surface area contributed by atoms with Gasteiger partial charge in [0.25, 0.3) is 0 Å². The Morgan fingerprint density at radius 1 is 1.27 bits per heavy atom. The number of hydrogen-bond donors (Lipinski definition) is 2. The van der Waals surface area contributed by atoms with E-state index in [0.717, 1.165) is 36.8 Å². The van der Waals surface area contributed by atoms with Gasteiger partial charge in [-0.3, -0.25) is 14.5 Å². The highest BCUT2D eigenvalue weighted by atomic mass is 127. The van der Waals surface area contributed by atoms with Crippen molar-refractivity contribution in [2.75, 3.05) is 20.1 Å². The van der Waals surface area contributed by atoms with Crippen molar-refractivity contribution in [1.29, 1.82) is 0 Å². The molecule has 30 heavy (non-hydrogen) atoms. The number of aliphatic imine (C=N–C) groups is 1. The number of carbonyl (C=O) groups is 1. The van der Waals surface area contributed by atoms with Crippen LogP contribution in [0.15, 0.2) is 11.2 Å². The second-order valence-electron chi connectivity index (χ2n) is 7.85. The number of carbonyl (C=O) groups excluding carboxylic acids is 1. The van der Waals surface area contributed by atoms with Crippen molar-refractivity contribution in [1.82, 2.24) is 25.3 Å². The van der Waals surface area contributed by atoms with Crippen molar-refractivity contribution in [2.45, 2.75) is 57.3 Å². The van der Waals surface area contributed by atoms with Gasteiger partial charge < -0.3 is 15.5 Å². The van der Waals surface area contributed by atoms with Gasteiger partial charge in [0.05, 0.1) is 0 Å². The Morgan fingerprint density at radius 3 is 2.60 bits per heavy atom. The third-order valence-electron chi connectivity index (χ3n) is 5.64. The first-order valence-electron chi connectivity index (χ1n) is 10.1. The third kappa shape index (κ3) is 6.24. The van der Waals surface area contributed by atoms with Crippen molar-refractivity contribution >= 4 is 35.8 Å². The van der Waals surface area contributed by atoms with E-state index in [9.17, 15) is 18.0 Å². The number of alkyl halides is 3. The second-order valence-corrected chi connectivity index (χ2v) is 7.85. The molecule has 170 valence electrons. The molecule has 0 radical (unpaired) electrons. The molecule has 2 N–H and O–H groups in total. The Bertz CT molecular complexity index is 745. The number of nitrogens with zero attached hydrogens (tertiary/aromatic N) is 4. The van der Waals surface area contributed by atoms with Gasteiger partial charge in [-0.2, -0.15) is 18.3 Å². The Labute approximate surface area is 191 Å². The lowest BCUT2D eigenvalue weighted by Crippen LogP contribution is -2.45. The number of nitrogens with one attached hydrogen (secondary N) is 2. The van der Waals surface area contributed by atoms with Crippen molar-refractivity contribution in [3.63, 3.8) is 0 Å². The van der Waals surface area contributed by atoms with Gasteiger partial charge in [-0.05, 0) is 19.3 Å². The van der Waals surface area contributed by atoms with Gasteiger partial charge >= 0.3 is 6.18 Å². The minimum Gasteiger partial charge on any atom is -0.352 e. The number of guanidine groups is 1. The summed E-state index contributed by atoms with van der Waals surface area (Å²) >= 11 is 0. The van der Waals surface area contributed by atoms with Gasteiger partial charge in [-0.1, -0.05) is 19.3 Å². The molecule has 1 aromatic heterocycles. The topological polar surface area (TPSA) is 74.6 Å². The van der Waals surface area contributed by atoms with Crippen molar-refractivity contribution in [3.8, 4) is 0 Å². The standard InChI is InChI=1S/C19H29F3N6O.HI/c1-23-18(24-10-14-11-27(2)26-16(14)19(20,21)22)25-15-8-9-28(12-15)17(29)13-6-4-3-5-7-13;/h11,13,15H,3-10,12H2,1-2H3,(H2,23,24,25);1H. The summed E-state index contributed by atoms with van der Waals surface area (Å²) in [6.45, 7) is 1.25. The SMILES string of the molecule is CN=C(NCc1cn(C)nc1C(F)(F)F)NC1CCN(C(=O)C2CCCCC2)C1.I. The van der Waals surface area contributed by atoms with Crippen molar-refractivity contribution < 1.29 is 18.0 Å². The number of aromatic nitrogens is 2. The molecule has 0 spiro atoms. The molecule has 1 saturated carbocycles. The summed E-state index contributed by atoms with van der Waals surface area (Å²) in [5.74, 6) is 0.798. The van der Waals surface area contributed by atoms with Gasteiger partial charge in [-0.15, -0.1) is 24.0 Å². The fourth-order valence-corrected chi connectivity index (χ4v) is 4.16. The van der Waals surface area contributed by atoms with Crippen LogP contribution >= 0.6 is 24.0 Å². The van der Waals surface area contributed by atoms with Crippen LogP contribution < -0.4 is 10.6 Å². The maximum absolute atomic E-state index is 13.1. The third-order valence-corrected chi connectivity index (χ3v) is 5.64. The van der Waals surface area contributed by atoms with Gasteiger partial charge in [0.1, 0.15) is 0 Å². The van der Waals surface area contributed by atoms with Crippen LogP contribution in [-0.2, 0) is 24.6 Å². The molecule has 1 aliphatic heterocycles. The number of likely N-dealkylation sites (tertiary alicyclic amines) is 1. The second kappa shape index (κ2) is 10.7. The predicted molar refractivity (Wildman–Crippen MR) is 119 cm³/mol. The molecule has 1 saturated heterocycles. The number of amides is 1. The number of halogens is 4. The van der Waals surface area contributed by atoms with E-state index in [1.807, 2.05) is 4.90 Å².